The van der Waals surface area contributed by atoms with E-state index in [2.05, 4.69) is 0 Å². The fourth-order valence-corrected chi connectivity index (χ4v) is 5.79. The average Bonchev–Trinajstić information content (AvgIpc) is 2.89. The molecule has 0 N–H and O–H groups in total. The molecule has 1 aromatic rings. The van der Waals surface area contributed by atoms with Crippen LogP contribution in [0.25, 0.3) is 0 Å². The number of hydrogen-bond acceptors (Lipinski definition) is 5. The summed E-state index contributed by atoms with van der Waals surface area (Å²) in [6, 6.07) is 4.61. The van der Waals surface area contributed by atoms with Crippen molar-refractivity contribution in [3.8, 4) is 0 Å². The van der Waals surface area contributed by atoms with Crippen LogP contribution in [-0.2, 0) is 14.8 Å². The lowest BCUT2D eigenvalue weighted by molar-refractivity contribution is -0.126. The molecule has 0 atom stereocenters. The number of thioether (sulfide) groups is 1. The Morgan fingerprint density at radius 2 is 1.88 bits per heavy atom. The molecule has 9 heteroatoms. The first-order valence-corrected chi connectivity index (χ1v) is 10.4. The lowest BCUT2D eigenvalue weighted by atomic mass is 10.1. The molecule has 24 heavy (non-hydrogen) atoms. The summed E-state index contributed by atoms with van der Waals surface area (Å²) in [5.74, 6) is -0.00372. The number of halogens is 1. The van der Waals surface area contributed by atoms with E-state index in [4.69, 9.17) is 11.6 Å². The highest BCUT2D eigenvalue weighted by atomic mass is 35.5. The van der Waals surface area contributed by atoms with Crippen molar-refractivity contribution in [1.29, 1.82) is 0 Å². The van der Waals surface area contributed by atoms with E-state index in [-0.39, 0.29) is 40.9 Å². The molecule has 2 aliphatic heterocycles. The highest BCUT2D eigenvalue weighted by Gasteiger charge is 2.39. The summed E-state index contributed by atoms with van der Waals surface area (Å²) in [6.45, 7) is 2.24. The van der Waals surface area contributed by atoms with Crippen LogP contribution in [0.15, 0.2) is 23.1 Å². The summed E-state index contributed by atoms with van der Waals surface area (Å²) < 4.78 is 27.1. The van der Waals surface area contributed by atoms with Crippen LogP contribution in [0.4, 0.5) is 4.79 Å². The highest BCUT2D eigenvalue weighted by molar-refractivity contribution is 8.14. The van der Waals surface area contributed by atoms with Crippen molar-refractivity contribution in [2.45, 2.75) is 30.7 Å². The zero-order valence-corrected chi connectivity index (χ0v) is 15.5. The van der Waals surface area contributed by atoms with Crippen LogP contribution in [0.1, 0.15) is 18.4 Å². The maximum absolute atomic E-state index is 12.8. The molecule has 2 aliphatic rings. The van der Waals surface area contributed by atoms with Gasteiger partial charge in [0, 0.05) is 24.2 Å². The molecule has 0 saturated carbocycles. The second-order valence-corrected chi connectivity index (χ2v) is 9.06. The van der Waals surface area contributed by atoms with Gasteiger partial charge in [-0.3, -0.25) is 14.5 Å². The van der Waals surface area contributed by atoms with Crippen LogP contribution in [0, 0.1) is 6.92 Å². The fraction of sp³-hybridized carbons (Fsp3) is 0.467. The molecule has 130 valence electrons. The lowest BCUT2D eigenvalue weighted by Gasteiger charge is -2.34. The van der Waals surface area contributed by atoms with Crippen LogP contribution in [0.3, 0.4) is 0 Å². The molecule has 0 unspecified atom stereocenters. The molecule has 2 amide bonds. The number of carbonyl (C=O) groups is 2. The van der Waals surface area contributed by atoms with E-state index in [1.807, 2.05) is 0 Å². The molecule has 0 aromatic heterocycles. The summed E-state index contributed by atoms with van der Waals surface area (Å²) in [6.07, 6.45) is 0.910. The number of carbonyl (C=O) groups excluding carboxylic acids is 2. The predicted octanol–water partition coefficient (Wildman–Crippen LogP) is 2.50. The zero-order chi connectivity index (χ0) is 17.5. The first kappa shape index (κ1) is 17.7. The largest absolute Gasteiger partial charge is 0.289 e. The Bertz CT molecular complexity index is 773. The average molecular weight is 389 g/mol. The topological polar surface area (TPSA) is 74.8 Å². The zero-order valence-electron chi connectivity index (χ0n) is 13.1. The molecule has 0 radical (unpaired) electrons. The molecule has 2 saturated heterocycles. The first-order chi connectivity index (χ1) is 11.3. The normalized spacial score (nSPS) is 20.8. The lowest BCUT2D eigenvalue weighted by Crippen LogP contribution is -2.48. The Hall–Kier alpha value is -1.09. The van der Waals surface area contributed by atoms with Crippen molar-refractivity contribution in [2.24, 2.45) is 0 Å². The highest BCUT2D eigenvalue weighted by Crippen LogP contribution is 2.30. The van der Waals surface area contributed by atoms with Crippen molar-refractivity contribution in [3.63, 3.8) is 0 Å². The molecular weight excluding hydrogens is 372 g/mol. The quantitative estimate of drug-likeness (QED) is 0.795. The number of rotatable bonds is 3. The van der Waals surface area contributed by atoms with Gasteiger partial charge in [-0.15, -0.1) is 0 Å². The molecule has 2 fully saturated rings. The first-order valence-electron chi connectivity index (χ1n) is 7.56. The molecular formula is C15H17ClN2O4S2. The van der Waals surface area contributed by atoms with E-state index in [1.165, 1.54) is 9.21 Å². The SMILES string of the molecule is Cc1c(Cl)cccc1S(=O)(=O)N1CCC(N2C(=O)CSC2=O)CC1. The van der Waals surface area contributed by atoms with Gasteiger partial charge in [0.1, 0.15) is 0 Å². The maximum Gasteiger partial charge on any atom is 0.289 e. The van der Waals surface area contributed by atoms with Gasteiger partial charge in [-0.05, 0) is 37.5 Å². The van der Waals surface area contributed by atoms with E-state index in [0.717, 1.165) is 11.8 Å². The molecule has 6 nitrogen and oxygen atoms in total. The minimum atomic E-state index is -3.63. The number of sulfonamides is 1. The number of nitrogens with zero attached hydrogens (tertiary/aromatic N) is 2. The van der Waals surface area contributed by atoms with Crippen LogP contribution >= 0.6 is 23.4 Å². The predicted molar refractivity (Wildman–Crippen MR) is 92.7 cm³/mol. The van der Waals surface area contributed by atoms with Gasteiger partial charge in [0.15, 0.2) is 0 Å². The Morgan fingerprint density at radius 1 is 1.21 bits per heavy atom. The van der Waals surface area contributed by atoms with Gasteiger partial charge in [-0.25, -0.2) is 8.42 Å². The number of amides is 2. The minimum absolute atomic E-state index is 0.180. The molecule has 0 spiro atoms. The maximum atomic E-state index is 12.8. The third kappa shape index (κ3) is 3.08. The monoisotopic (exact) mass is 388 g/mol. The smallest absolute Gasteiger partial charge is 0.273 e. The molecule has 0 bridgehead atoms. The van der Waals surface area contributed by atoms with Gasteiger partial charge in [0.25, 0.3) is 5.24 Å². The van der Waals surface area contributed by atoms with Crippen molar-refractivity contribution >= 4 is 44.5 Å². The van der Waals surface area contributed by atoms with E-state index >= 15 is 0 Å². The van der Waals surface area contributed by atoms with Gasteiger partial charge in [0.2, 0.25) is 15.9 Å². The summed E-state index contributed by atoms with van der Waals surface area (Å²) in [5.41, 5.74) is 0.530. The van der Waals surface area contributed by atoms with Gasteiger partial charge in [-0.2, -0.15) is 4.31 Å². The Kier molecular flexibility index (Phi) is 4.92. The van der Waals surface area contributed by atoms with Crippen LogP contribution in [0.5, 0.6) is 0 Å². The van der Waals surface area contributed by atoms with E-state index in [0.29, 0.717) is 23.4 Å². The molecule has 0 aliphatic carbocycles. The van der Waals surface area contributed by atoms with Crippen LogP contribution in [-0.4, -0.2) is 53.7 Å². The Labute approximate surface area is 150 Å². The summed E-state index contributed by atoms with van der Waals surface area (Å²) in [4.78, 5) is 25.1. The summed E-state index contributed by atoms with van der Waals surface area (Å²) in [5, 5.41) is 0.184. The molecule has 1 aromatic carbocycles. The van der Waals surface area contributed by atoms with Crippen LogP contribution in [0.2, 0.25) is 5.02 Å². The van der Waals surface area contributed by atoms with Gasteiger partial charge >= 0.3 is 0 Å². The minimum Gasteiger partial charge on any atom is -0.273 e. The second-order valence-electron chi connectivity index (χ2n) is 5.82. The van der Waals surface area contributed by atoms with Gasteiger partial charge in [0.05, 0.1) is 10.6 Å². The van der Waals surface area contributed by atoms with Crippen molar-refractivity contribution in [1.82, 2.24) is 9.21 Å². The number of hydrogen-bond donors (Lipinski definition) is 0. The third-order valence-electron chi connectivity index (χ3n) is 4.41. The molecule has 3 rings (SSSR count). The van der Waals surface area contributed by atoms with Crippen LogP contribution < -0.4 is 0 Å². The van der Waals surface area contributed by atoms with Gasteiger partial charge < -0.3 is 0 Å². The fourth-order valence-electron chi connectivity index (χ4n) is 3.06. The summed E-state index contributed by atoms with van der Waals surface area (Å²) in [7, 11) is -3.63. The van der Waals surface area contributed by atoms with Crippen molar-refractivity contribution in [3.05, 3.63) is 28.8 Å². The van der Waals surface area contributed by atoms with Gasteiger partial charge in [-0.1, -0.05) is 29.4 Å². The standard InChI is InChI=1S/C15H17ClN2O4S2/c1-10-12(16)3-2-4-13(10)24(21,22)17-7-5-11(6-8-17)18-14(19)9-23-15(18)20/h2-4,11H,5-9H2,1H3. The number of imide groups is 1. The third-order valence-corrected chi connectivity index (χ3v) is 7.70. The van der Waals surface area contributed by atoms with Crippen molar-refractivity contribution in [2.75, 3.05) is 18.8 Å². The Balaban J connectivity index is 1.75. The van der Waals surface area contributed by atoms with E-state index in [1.54, 1.807) is 25.1 Å². The van der Waals surface area contributed by atoms with E-state index in [9.17, 15) is 18.0 Å². The van der Waals surface area contributed by atoms with E-state index < -0.39 is 10.0 Å². The summed E-state index contributed by atoms with van der Waals surface area (Å²) >= 11 is 7.04. The number of piperidine rings is 1. The number of benzene rings is 1. The van der Waals surface area contributed by atoms with Crippen molar-refractivity contribution < 1.29 is 18.0 Å². The second kappa shape index (κ2) is 6.67. The molecule has 2 heterocycles. The Morgan fingerprint density at radius 3 is 2.46 bits per heavy atom.